The van der Waals surface area contributed by atoms with Crippen molar-refractivity contribution in [1.29, 1.82) is 0 Å². The molecule has 18 heavy (non-hydrogen) atoms. The molecule has 1 aromatic rings. The minimum Gasteiger partial charge on any atom is -0.350 e. The Morgan fingerprint density at radius 2 is 2.28 bits per heavy atom. The molecule has 1 atom stereocenters. The van der Waals surface area contributed by atoms with Crippen molar-refractivity contribution in [2.45, 2.75) is 52.0 Å². The molecule has 4 nitrogen and oxygen atoms in total. The van der Waals surface area contributed by atoms with Gasteiger partial charge in [0.2, 0.25) is 5.91 Å². The van der Waals surface area contributed by atoms with E-state index in [2.05, 4.69) is 30.5 Å². The van der Waals surface area contributed by atoms with E-state index in [9.17, 15) is 4.79 Å². The summed E-state index contributed by atoms with van der Waals surface area (Å²) < 4.78 is 1.85. The first-order chi connectivity index (χ1) is 8.40. The summed E-state index contributed by atoms with van der Waals surface area (Å²) in [7, 11) is 1.94. The normalized spacial score (nSPS) is 23.7. The number of carbonyl (C=O) groups is 1. The molecule has 1 saturated heterocycles. The number of carbonyl (C=O) groups excluding carboxylic acids is 1. The molecule has 0 spiro atoms. The monoisotopic (exact) mass is 249 g/mol. The van der Waals surface area contributed by atoms with Crippen molar-refractivity contribution in [3.63, 3.8) is 0 Å². The van der Waals surface area contributed by atoms with Crippen LogP contribution in [0.3, 0.4) is 0 Å². The van der Waals surface area contributed by atoms with Gasteiger partial charge in [0.1, 0.15) is 0 Å². The van der Waals surface area contributed by atoms with Gasteiger partial charge in [0, 0.05) is 25.2 Å². The second-order valence-corrected chi connectivity index (χ2v) is 6.02. The van der Waals surface area contributed by atoms with Gasteiger partial charge in [0.15, 0.2) is 0 Å². The van der Waals surface area contributed by atoms with Crippen LogP contribution in [0.1, 0.15) is 44.4 Å². The minimum atomic E-state index is -0.0565. The highest BCUT2D eigenvalue weighted by Crippen LogP contribution is 2.31. The SMILES string of the molecule is Cc1nn(C)cc1CC1(CC(C)C)CCC(=O)N1. The van der Waals surface area contributed by atoms with Crippen LogP contribution in [0.2, 0.25) is 0 Å². The standard InChI is InChI=1S/C14H23N3O/c1-10(2)7-14(6-5-13(18)15-14)8-12-9-17(4)16-11(12)3/h9-10H,5-8H2,1-4H3,(H,15,18). The van der Waals surface area contributed by atoms with Crippen molar-refractivity contribution in [3.05, 3.63) is 17.5 Å². The summed E-state index contributed by atoms with van der Waals surface area (Å²) >= 11 is 0. The summed E-state index contributed by atoms with van der Waals surface area (Å²) in [6, 6.07) is 0. The topological polar surface area (TPSA) is 46.9 Å². The predicted octanol–water partition coefficient (Wildman–Crippen LogP) is 1.97. The van der Waals surface area contributed by atoms with Crippen LogP contribution < -0.4 is 5.32 Å². The number of aryl methyl sites for hydroxylation is 2. The van der Waals surface area contributed by atoms with Crippen molar-refractivity contribution in [2.75, 3.05) is 0 Å². The fraction of sp³-hybridized carbons (Fsp3) is 0.714. The lowest BCUT2D eigenvalue weighted by Gasteiger charge is -2.31. The van der Waals surface area contributed by atoms with Crippen LogP contribution >= 0.6 is 0 Å². The third-order valence-corrected chi connectivity index (χ3v) is 3.68. The molecule has 1 fully saturated rings. The highest BCUT2D eigenvalue weighted by Gasteiger charge is 2.38. The Morgan fingerprint density at radius 1 is 1.56 bits per heavy atom. The van der Waals surface area contributed by atoms with Gasteiger partial charge in [-0.1, -0.05) is 13.8 Å². The van der Waals surface area contributed by atoms with E-state index in [0.717, 1.165) is 25.0 Å². The van der Waals surface area contributed by atoms with E-state index in [1.54, 1.807) is 0 Å². The molecule has 2 rings (SSSR count). The molecular weight excluding hydrogens is 226 g/mol. The molecule has 2 heterocycles. The molecule has 1 aliphatic rings. The Balaban J connectivity index is 2.20. The molecule has 1 amide bonds. The van der Waals surface area contributed by atoms with Crippen LogP contribution in [-0.2, 0) is 18.3 Å². The number of nitrogens with one attached hydrogen (secondary N) is 1. The summed E-state index contributed by atoms with van der Waals surface area (Å²) in [4.78, 5) is 11.6. The van der Waals surface area contributed by atoms with Gasteiger partial charge in [-0.25, -0.2) is 0 Å². The van der Waals surface area contributed by atoms with Crippen LogP contribution in [0.4, 0.5) is 0 Å². The number of nitrogens with zero attached hydrogens (tertiary/aromatic N) is 2. The smallest absolute Gasteiger partial charge is 0.220 e. The number of amides is 1. The summed E-state index contributed by atoms with van der Waals surface area (Å²) in [6.07, 6.45) is 5.61. The first-order valence-electron chi connectivity index (χ1n) is 6.70. The average Bonchev–Trinajstić information content (AvgIpc) is 2.71. The fourth-order valence-corrected chi connectivity index (χ4v) is 3.10. The third kappa shape index (κ3) is 2.74. The average molecular weight is 249 g/mol. The highest BCUT2D eigenvalue weighted by atomic mass is 16.2. The molecule has 1 aliphatic heterocycles. The third-order valence-electron chi connectivity index (χ3n) is 3.68. The highest BCUT2D eigenvalue weighted by molar-refractivity contribution is 5.79. The first-order valence-corrected chi connectivity index (χ1v) is 6.70. The maximum Gasteiger partial charge on any atom is 0.220 e. The van der Waals surface area contributed by atoms with Gasteiger partial charge in [-0.2, -0.15) is 5.10 Å². The summed E-state index contributed by atoms with van der Waals surface area (Å²) in [5.41, 5.74) is 2.26. The molecular formula is C14H23N3O. The molecule has 0 aromatic carbocycles. The molecule has 0 saturated carbocycles. The quantitative estimate of drug-likeness (QED) is 0.886. The molecule has 100 valence electrons. The summed E-state index contributed by atoms with van der Waals surface area (Å²) in [6.45, 7) is 6.46. The Hall–Kier alpha value is -1.32. The van der Waals surface area contributed by atoms with Gasteiger partial charge in [-0.15, -0.1) is 0 Å². The van der Waals surface area contributed by atoms with Crippen LogP contribution in [0.25, 0.3) is 0 Å². The second kappa shape index (κ2) is 4.75. The maximum absolute atomic E-state index is 11.6. The van der Waals surface area contributed by atoms with Gasteiger partial charge >= 0.3 is 0 Å². The molecule has 4 heteroatoms. The predicted molar refractivity (Wildman–Crippen MR) is 71.2 cm³/mol. The largest absolute Gasteiger partial charge is 0.350 e. The van der Waals surface area contributed by atoms with E-state index in [1.807, 2.05) is 18.7 Å². The Kier molecular flexibility index (Phi) is 3.46. The van der Waals surface area contributed by atoms with E-state index in [4.69, 9.17) is 0 Å². The van der Waals surface area contributed by atoms with Crippen molar-refractivity contribution in [1.82, 2.24) is 15.1 Å². The lowest BCUT2D eigenvalue weighted by atomic mass is 9.82. The zero-order chi connectivity index (χ0) is 13.3. The zero-order valence-electron chi connectivity index (χ0n) is 11.8. The Morgan fingerprint density at radius 3 is 2.72 bits per heavy atom. The first kappa shape index (κ1) is 13.1. The van der Waals surface area contributed by atoms with Crippen molar-refractivity contribution in [3.8, 4) is 0 Å². The van der Waals surface area contributed by atoms with E-state index < -0.39 is 0 Å². The Labute approximate surface area is 109 Å². The van der Waals surface area contributed by atoms with Gasteiger partial charge in [0.25, 0.3) is 0 Å². The molecule has 1 unspecified atom stereocenters. The van der Waals surface area contributed by atoms with E-state index in [0.29, 0.717) is 12.3 Å². The van der Waals surface area contributed by atoms with E-state index in [-0.39, 0.29) is 11.4 Å². The summed E-state index contributed by atoms with van der Waals surface area (Å²) in [5.74, 6) is 0.776. The van der Waals surface area contributed by atoms with Crippen LogP contribution in [0.15, 0.2) is 6.20 Å². The second-order valence-electron chi connectivity index (χ2n) is 6.02. The van der Waals surface area contributed by atoms with Crippen molar-refractivity contribution in [2.24, 2.45) is 13.0 Å². The minimum absolute atomic E-state index is 0.0565. The van der Waals surface area contributed by atoms with Gasteiger partial charge in [-0.05, 0) is 37.7 Å². The number of aromatic nitrogens is 2. The van der Waals surface area contributed by atoms with E-state index in [1.165, 1.54) is 5.56 Å². The molecule has 1 aromatic heterocycles. The van der Waals surface area contributed by atoms with Crippen LogP contribution in [-0.4, -0.2) is 21.2 Å². The van der Waals surface area contributed by atoms with Gasteiger partial charge in [0.05, 0.1) is 5.69 Å². The van der Waals surface area contributed by atoms with Gasteiger partial charge < -0.3 is 5.32 Å². The van der Waals surface area contributed by atoms with Crippen molar-refractivity contribution < 1.29 is 4.79 Å². The number of rotatable bonds is 4. The van der Waals surface area contributed by atoms with E-state index >= 15 is 0 Å². The van der Waals surface area contributed by atoms with Crippen molar-refractivity contribution >= 4 is 5.91 Å². The summed E-state index contributed by atoms with van der Waals surface area (Å²) in [5, 5.41) is 7.59. The number of hydrogen-bond acceptors (Lipinski definition) is 2. The Bertz CT molecular complexity index is 450. The fourth-order valence-electron chi connectivity index (χ4n) is 3.10. The molecule has 0 aliphatic carbocycles. The zero-order valence-corrected chi connectivity index (χ0v) is 11.8. The maximum atomic E-state index is 11.6. The lowest BCUT2D eigenvalue weighted by Crippen LogP contribution is -2.44. The lowest BCUT2D eigenvalue weighted by molar-refractivity contribution is -0.119. The molecule has 1 N–H and O–H groups in total. The van der Waals surface area contributed by atoms with Gasteiger partial charge in [-0.3, -0.25) is 9.48 Å². The molecule has 0 bridgehead atoms. The van der Waals surface area contributed by atoms with Crippen LogP contribution in [0, 0.1) is 12.8 Å². The van der Waals surface area contributed by atoms with Crippen LogP contribution in [0.5, 0.6) is 0 Å². The molecule has 0 radical (unpaired) electrons. The number of hydrogen-bond donors (Lipinski definition) is 1.